The van der Waals surface area contributed by atoms with E-state index in [1.807, 2.05) is 23.6 Å². The quantitative estimate of drug-likeness (QED) is 0.491. The molecule has 0 atom stereocenters. The molecule has 0 unspecified atom stereocenters. The molecule has 0 bridgehead atoms. The van der Waals surface area contributed by atoms with Crippen molar-refractivity contribution in [3.05, 3.63) is 63.1 Å². The number of aryl methyl sites for hydroxylation is 1. The fraction of sp³-hybridized carbons (Fsp3) is 0.167. The van der Waals surface area contributed by atoms with Crippen molar-refractivity contribution in [2.24, 2.45) is 0 Å². The van der Waals surface area contributed by atoms with Crippen LogP contribution in [0.3, 0.4) is 0 Å². The van der Waals surface area contributed by atoms with Gasteiger partial charge in [0.15, 0.2) is 17.2 Å². The van der Waals surface area contributed by atoms with Crippen LogP contribution < -0.4 is 14.2 Å². The SMILES string of the molecule is Cc1ccc(OCc2csc(-c3ccc4c(c3)OCO4)n2)c([N+](=O)[O-])c1. The van der Waals surface area contributed by atoms with E-state index in [2.05, 4.69) is 4.98 Å². The fourth-order valence-corrected chi connectivity index (χ4v) is 3.38. The lowest BCUT2D eigenvalue weighted by molar-refractivity contribution is -0.386. The van der Waals surface area contributed by atoms with Crippen molar-refractivity contribution in [3.8, 4) is 27.8 Å². The molecule has 2 aromatic carbocycles. The van der Waals surface area contributed by atoms with Gasteiger partial charge in [0.1, 0.15) is 11.6 Å². The zero-order valence-electron chi connectivity index (χ0n) is 13.8. The molecule has 4 rings (SSSR count). The second-order valence-electron chi connectivity index (χ2n) is 5.73. The van der Waals surface area contributed by atoms with E-state index in [9.17, 15) is 10.1 Å². The predicted octanol–water partition coefficient (Wildman–Crippen LogP) is 4.33. The van der Waals surface area contributed by atoms with Crippen molar-refractivity contribution in [1.29, 1.82) is 0 Å². The summed E-state index contributed by atoms with van der Waals surface area (Å²) >= 11 is 1.47. The van der Waals surface area contributed by atoms with Crippen molar-refractivity contribution in [2.75, 3.05) is 6.79 Å². The Bertz CT molecular complexity index is 985. The van der Waals surface area contributed by atoms with E-state index in [0.717, 1.165) is 21.9 Å². The molecule has 3 aromatic rings. The summed E-state index contributed by atoms with van der Waals surface area (Å²) in [5.41, 5.74) is 2.39. The van der Waals surface area contributed by atoms with Crippen LogP contribution in [0.25, 0.3) is 10.6 Å². The number of rotatable bonds is 5. The number of nitrogens with zero attached hydrogens (tertiary/aromatic N) is 2. The highest BCUT2D eigenvalue weighted by Crippen LogP contribution is 2.37. The minimum Gasteiger partial charge on any atom is -0.480 e. The van der Waals surface area contributed by atoms with Gasteiger partial charge in [-0.25, -0.2) is 4.98 Å². The second-order valence-corrected chi connectivity index (χ2v) is 6.59. The third kappa shape index (κ3) is 3.18. The molecule has 0 fully saturated rings. The van der Waals surface area contributed by atoms with E-state index in [0.29, 0.717) is 11.4 Å². The van der Waals surface area contributed by atoms with Crippen LogP contribution in [0.2, 0.25) is 0 Å². The summed E-state index contributed by atoms with van der Waals surface area (Å²) in [7, 11) is 0. The first-order valence-corrected chi connectivity index (χ1v) is 8.70. The third-order valence-electron chi connectivity index (χ3n) is 3.86. The Morgan fingerprint density at radius 2 is 2.08 bits per heavy atom. The van der Waals surface area contributed by atoms with Crippen molar-refractivity contribution in [1.82, 2.24) is 4.98 Å². The lowest BCUT2D eigenvalue weighted by Crippen LogP contribution is -1.99. The smallest absolute Gasteiger partial charge is 0.311 e. The second kappa shape index (κ2) is 6.64. The zero-order chi connectivity index (χ0) is 18.1. The van der Waals surface area contributed by atoms with Gasteiger partial charge in [-0.1, -0.05) is 6.07 Å². The van der Waals surface area contributed by atoms with E-state index in [-0.39, 0.29) is 24.8 Å². The number of aromatic nitrogens is 1. The number of nitro benzene ring substituents is 1. The number of benzene rings is 2. The topological polar surface area (TPSA) is 83.7 Å². The van der Waals surface area contributed by atoms with E-state index >= 15 is 0 Å². The van der Waals surface area contributed by atoms with E-state index < -0.39 is 4.92 Å². The molecule has 0 radical (unpaired) electrons. The summed E-state index contributed by atoms with van der Waals surface area (Å²) in [5.74, 6) is 1.66. The standard InChI is InChI=1S/C18H14N2O5S/c1-11-2-4-15(14(6-11)20(21)22)23-8-13-9-26-18(19-13)12-3-5-16-17(7-12)25-10-24-16/h2-7,9H,8,10H2,1H3. The van der Waals surface area contributed by atoms with Gasteiger partial charge in [-0.3, -0.25) is 10.1 Å². The van der Waals surface area contributed by atoms with Gasteiger partial charge in [-0.15, -0.1) is 11.3 Å². The highest BCUT2D eigenvalue weighted by atomic mass is 32.1. The molecule has 0 amide bonds. The van der Waals surface area contributed by atoms with Crippen LogP contribution in [-0.2, 0) is 6.61 Å². The molecule has 132 valence electrons. The molecule has 0 saturated carbocycles. The molecule has 26 heavy (non-hydrogen) atoms. The number of nitro groups is 1. The first kappa shape index (κ1) is 16.3. The van der Waals surface area contributed by atoms with Gasteiger partial charge in [-0.05, 0) is 36.8 Å². The summed E-state index contributed by atoms with van der Waals surface area (Å²) < 4.78 is 16.3. The Hall–Kier alpha value is -3.13. The summed E-state index contributed by atoms with van der Waals surface area (Å²) in [6, 6.07) is 10.5. The third-order valence-corrected chi connectivity index (χ3v) is 4.80. The molecule has 0 spiro atoms. The average molecular weight is 370 g/mol. The highest BCUT2D eigenvalue weighted by Gasteiger charge is 2.17. The monoisotopic (exact) mass is 370 g/mol. The largest absolute Gasteiger partial charge is 0.480 e. The van der Waals surface area contributed by atoms with Crippen LogP contribution >= 0.6 is 11.3 Å². The maximum absolute atomic E-state index is 11.2. The maximum atomic E-state index is 11.2. The van der Waals surface area contributed by atoms with Gasteiger partial charge < -0.3 is 14.2 Å². The Morgan fingerprint density at radius 3 is 2.92 bits per heavy atom. The van der Waals surface area contributed by atoms with Crippen LogP contribution in [-0.4, -0.2) is 16.7 Å². The van der Waals surface area contributed by atoms with Crippen molar-refractivity contribution >= 4 is 17.0 Å². The number of fused-ring (bicyclic) bond motifs is 1. The molecule has 1 aliphatic heterocycles. The van der Waals surface area contributed by atoms with E-state index in [1.165, 1.54) is 17.4 Å². The fourth-order valence-electron chi connectivity index (χ4n) is 2.58. The van der Waals surface area contributed by atoms with E-state index in [1.54, 1.807) is 19.1 Å². The summed E-state index contributed by atoms with van der Waals surface area (Å²) in [6.07, 6.45) is 0. The molecule has 2 heterocycles. The molecule has 0 N–H and O–H groups in total. The Kier molecular flexibility index (Phi) is 4.18. The Morgan fingerprint density at radius 1 is 1.23 bits per heavy atom. The van der Waals surface area contributed by atoms with Gasteiger partial charge in [-0.2, -0.15) is 0 Å². The van der Waals surface area contributed by atoms with Crippen molar-refractivity contribution in [3.63, 3.8) is 0 Å². The Labute approximate surface area is 152 Å². The average Bonchev–Trinajstić information content (AvgIpc) is 3.29. The lowest BCUT2D eigenvalue weighted by Gasteiger charge is -2.05. The molecule has 0 saturated heterocycles. The van der Waals surface area contributed by atoms with Crippen LogP contribution in [0.5, 0.6) is 17.2 Å². The summed E-state index contributed by atoms with van der Waals surface area (Å²) in [5, 5.41) is 13.9. The van der Waals surface area contributed by atoms with Crippen LogP contribution in [0.15, 0.2) is 41.8 Å². The molecular formula is C18H14N2O5S. The maximum Gasteiger partial charge on any atom is 0.311 e. The highest BCUT2D eigenvalue weighted by molar-refractivity contribution is 7.13. The summed E-state index contributed by atoms with van der Waals surface area (Å²) in [4.78, 5) is 15.3. The molecule has 1 aliphatic rings. The van der Waals surface area contributed by atoms with Gasteiger partial charge in [0.25, 0.3) is 0 Å². The summed E-state index contributed by atoms with van der Waals surface area (Å²) in [6.45, 7) is 2.19. The Balaban J connectivity index is 1.50. The first-order valence-electron chi connectivity index (χ1n) is 7.82. The molecule has 8 heteroatoms. The normalized spacial score (nSPS) is 12.2. The molecule has 0 aliphatic carbocycles. The molecular weight excluding hydrogens is 356 g/mol. The lowest BCUT2D eigenvalue weighted by atomic mass is 10.2. The number of ether oxygens (including phenoxy) is 3. The molecule has 7 nitrogen and oxygen atoms in total. The van der Waals surface area contributed by atoms with Crippen LogP contribution in [0.1, 0.15) is 11.3 Å². The number of hydrogen-bond acceptors (Lipinski definition) is 7. The van der Waals surface area contributed by atoms with Gasteiger partial charge in [0.05, 0.1) is 10.6 Å². The van der Waals surface area contributed by atoms with Crippen LogP contribution in [0, 0.1) is 17.0 Å². The van der Waals surface area contributed by atoms with Crippen molar-refractivity contribution in [2.45, 2.75) is 13.5 Å². The van der Waals surface area contributed by atoms with Gasteiger partial charge in [0.2, 0.25) is 6.79 Å². The van der Waals surface area contributed by atoms with Gasteiger partial charge in [0, 0.05) is 17.0 Å². The minimum atomic E-state index is -0.443. The van der Waals surface area contributed by atoms with Gasteiger partial charge >= 0.3 is 5.69 Å². The zero-order valence-corrected chi connectivity index (χ0v) is 14.6. The number of thiazole rings is 1. The molecule has 1 aromatic heterocycles. The predicted molar refractivity (Wildman–Crippen MR) is 95.8 cm³/mol. The first-order chi connectivity index (χ1) is 12.6. The van der Waals surface area contributed by atoms with Crippen LogP contribution in [0.4, 0.5) is 5.69 Å². The van der Waals surface area contributed by atoms with Crippen molar-refractivity contribution < 1.29 is 19.1 Å². The van der Waals surface area contributed by atoms with E-state index in [4.69, 9.17) is 14.2 Å². The number of hydrogen-bond donors (Lipinski definition) is 0. The minimum absolute atomic E-state index is 0.0452.